The number of nitrogens with one attached hydrogen (secondary N) is 1. The molecule has 5 heteroatoms. The minimum Gasteiger partial charge on any atom is -0.381 e. The van der Waals surface area contributed by atoms with Crippen LogP contribution in [-0.4, -0.2) is 37.2 Å². The van der Waals surface area contributed by atoms with Gasteiger partial charge in [-0.15, -0.1) is 0 Å². The molecule has 0 unspecified atom stereocenters. The number of fused-ring (bicyclic) bond motifs is 1. The number of aromatic nitrogens is 1. The lowest BCUT2D eigenvalue weighted by Crippen LogP contribution is -2.36. The Bertz CT molecular complexity index is 645. The summed E-state index contributed by atoms with van der Waals surface area (Å²) in [5, 5.41) is 3.03. The molecule has 2 aliphatic heterocycles. The Morgan fingerprint density at radius 2 is 2.08 bits per heavy atom. The van der Waals surface area contributed by atoms with Crippen molar-refractivity contribution in [2.24, 2.45) is 11.3 Å². The molecule has 1 amide bonds. The van der Waals surface area contributed by atoms with Crippen molar-refractivity contribution in [2.75, 3.05) is 36.5 Å². The molecule has 0 aromatic carbocycles. The molecule has 0 aliphatic carbocycles. The number of rotatable bonds is 4. The van der Waals surface area contributed by atoms with Crippen molar-refractivity contribution in [3.63, 3.8) is 0 Å². The molecule has 3 heterocycles. The first-order chi connectivity index (χ1) is 12.3. The summed E-state index contributed by atoms with van der Waals surface area (Å²) in [5.41, 5.74) is 3.41. The molecule has 2 aliphatic rings. The molecule has 144 valence electrons. The molecule has 5 nitrogen and oxygen atoms in total. The Balaban J connectivity index is 1.73. The van der Waals surface area contributed by atoms with Crippen LogP contribution in [0.2, 0.25) is 0 Å². The lowest BCUT2D eigenvalue weighted by Gasteiger charge is -2.35. The molecule has 3 rings (SSSR count). The Morgan fingerprint density at radius 3 is 2.77 bits per heavy atom. The van der Waals surface area contributed by atoms with Gasteiger partial charge >= 0.3 is 0 Å². The van der Waals surface area contributed by atoms with E-state index < -0.39 is 0 Å². The van der Waals surface area contributed by atoms with E-state index in [-0.39, 0.29) is 11.3 Å². The number of amides is 1. The number of anilines is 2. The third-order valence-corrected chi connectivity index (χ3v) is 5.22. The minimum absolute atomic E-state index is 0.0211. The molecule has 1 fully saturated rings. The van der Waals surface area contributed by atoms with E-state index in [9.17, 15) is 4.79 Å². The largest absolute Gasteiger partial charge is 0.381 e. The van der Waals surface area contributed by atoms with Crippen LogP contribution in [0, 0.1) is 18.3 Å². The first-order valence-electron chi connectivity index (χ1n) is 9.95. The standard InChI is InChI=1S/C21H33N3O2/c1-15-12-18-17(22-20(15)23-19(25)13-21(2,3)4)6-5-9-24(18)14-16-7-10-26-11-8-16/h12,16H,5-11,13-14H2,1-4H3,(H,22,23,25). The molecule has 0 saturated carbocycles. The summed E-state index contributed by atoms with van der Waals surface area (Å²) < 4.78 is 5.49. The molecule has 1 N–H and O–H groups in total. The number of aryl methyl sites for hydroxylation is 2. The van der Waals surface area contributed by atoms with E-state index in [1.807, 2.05) is 6.92 Å². The highest BCUT2D eigenvalue weighted by molar-refractivity contribution is 5.91. The summed E-state index contributed by atoms with van der Waals surface area (Å²) in [5.74, 6) is 1.48. The van der Waals surface area contributed by atoms with Crippen molar-refractivity contribution in [1.29, 1.82) is 0 Å². The topological polar surface area (TPSA) is 54.5 Å². The van der Waals surface area contributed by atoms with E-state index in [0.29, 0.717) is 12.3 Å². The van der Waals surface area contributed by atoms with Gasteiger partial charge in [-0.2, -0.15) is 0 Å². The van der Waals surface area contributed by atoms with E-state index in [2.05, 4.69) is 37.1 Å². The maximum atomic E-state index is 12.3. The van der Waals surface area contributed by atoms with Crippen molar-refractivity contribution >= 4 is 17.4 Å². The Kier molecular flexibility index (Phi) is 5.86. The van der Waals surface area contributed by atoms with E-state index in [4.69, 9.17) is 9.72 Å². The zero-order valence-corrected chi connectivity index (χ0v) is 16.7. The first-order valence-corrected chi connectivity index (χ1v) is 9.95. The van der Waals surface area contributed by atoms with Gasteiger partial charge in [0.1, 0.15) is 5.82 Å². The predicted molar refractivity (Wildman–Crippen MR) is 106 cm³/mol. The highest BCUT2D eigenvalue weighted by Crippen LogP contribution is 2.31. The zero-order chi connectivity index (χ0) is 18.7. The number of hydrogen-bond donors (Lipinski definition) is 1. The van der Waals surface area contributed by atoms with Crippen LogP contribution in [0.25, 0.3) is 0 Å². The van der Waals surface area contributed by atoms with E-state index >= 15 is 0 Å². The third-order valence-electron chi connectivity index (χ3n) is 5.22. The van der Waals surface area contributed by atoms with Crippen molar-refractivity contribution < 1.29 is 9.53 Å². The summed E-state index contributed by atoms with van der Waals surface area (Å²) >= 11 is 0. The number of pyridine rings is 1. The summed E-state index contributed by atoms with van der Waals surface area (Å²) in [6, 6.07) is 2.22. The lowest BCUT2D eigenvalue weighted by molar-refractivity contribution is -0.117. The van der Waals surface area contributed by atoms with Crippen LogP contribution < -0.4 is 10.2 Å². The second-order valence-electron chi connectivity index (χ2n) is 9.01. The average molecular weight is 360 g/mol. The van der Waals surface area contributed by atoms with Gasteiger partial charge in [-0.25, -0.2) is 4.98 Å². The Hall–Kier alpha value is -1.62. The van der Waals surface area contributed by atoms with Crippen molar-refractivity contribution in [3.05, 3.63) is 17.3 Å². The summed E-state index contributed by atoms with van der Waals surface area (Å²) in [6.45, 7) is 12.2. The van der Waals surface area contributed by atoms with Crippen molar-refractivity contribution in [1.82, 2.24) is 4.98 Å². The van der Waals surface area contributed by atoms with E-state index in [1.165, 1.54) is 5.69 Å². The van der Waals surface area contributed by atoms with Crippen LogP contribution in [0.1, 0.15) is 57.7 Å². The maximum absolute atomic E-state index is 12.3. The van der Waals surface area contributed by atoms with Gasteiger partial charge in [-0.1, -0.05) is 20.8 Å². The number of carbonyl (C=O) groups is 1. The van der Waals surface area contributed by atoms with Gasteiger partial charge in [0.2, 0.25) is 5.91 Å². The van der Waals surface area contributed by atoms with Crippen LogP contribution in [0.3, 0.4) is 0 Å². The fourth-order valence-corrected chi connectivity index (χ4v) is 3.87. The molecule has 1 aromatic heterocycles. The van der Waals surface area contributed by atoms with E-state index in [0.717, 1.165) is 69.1 Å². The van der Waals surface area contributed by atoms with Crippen LogP contribution in [0.15, 0.2) is 6.07 Å². The second kappa shape index (κ2) is 7.95. The molecule has 0 bridgehead atoms. The third kappa shape index (κ3) is 4.97. The maximum Gasteiger partial charge on any atom is 0.226 e. The van der Waals surface area contributed by atoms with Gasteiger partial charge in [-0.05, 0) is 55.6 Å². The van der Waals surface area contributed by atoms with Crippen molar-refractivity contribution in [3.8, 4) is 0 Å². The van der Waals surface area contributed by atoms with Crippen LogP contribution in [0.4, 0.5) is 11.5 Å². The average Bonchev–Trinajstić information content (AvgIpc) is 2.55. The molecule has 26 heavy (non-hydrogen) atoms. The highest BCUT2D eigenvalue weighted by atomic mass is 16.5. The highest BCUT2D eigenvalue weighted by Gasteiger charge is 2.24. The smallest absolute Gasteiger partial charge is 0.226 e. The van der Waals surface area contributed by atoms with Gasteiger partial charge in [0, 0.05) is 32.7 Å². The summed E-state index contributed by atoms with van der Waals surface area (Å²) in [4.78, 5) is 19.6. The number of ether oxygens (including phenoxy) is 1. The number of nitrogens with zero attached hydrogens (tertiary/aromatic N) is 2. The fraction of sp³-hybridized carbons (Fsp3) is 0.714. The Morgan fingerprint density at radius 1 is 1.35 bits per heavy atom. The van der Waals surface area contributed by atoms with Crippen molar-refractivity contribution in [2.45, 2.75) is 59.8 Å². The molecule has 0 radical (unpaired) electrons. The summed E-state index contributed by atoms with van der Waals surface area (Å²) in [6.07, 6.45) is 4.92. The monoisotopic (exact) mass is 359 g/mol. The quantitative estimate of drug-likeness (QED) is 0.884. The van der Waals surface area contributed by atoms with E-state index in [1.54, 1.807) is 0 Å². The van der Waals surface area contributed by atoms with Crippen LogP contribution in [0.5, 0.6) is 0 Å². The fourth-order valence-electron chi connectivity index (χ4n) is 3.87. The molecular formula is C21H33N3O2. The molecule has 1 aromatic rings. The molecular weight excluding hydrogens is 326 g/mol. The zero-order valence-electron chi connectivity index (χ0n) is 16.7. The summed E-state index contributed by atoms with van der Waals surface area (Å²) in [7, 11) is 0. The second-order valence-corrected chi connectivity index (χ2v) is 9.01. The molecule has 0 atom stereocenters. The van der Waals surface area contributed by atoms with Gasteiger partial charge < -0.3 is 15.0 Å². The van der Waals surface area contributed by atoms with Gasteiger partial charge in [0.15, 0.2) is 0 Å². The normalized spacial score (nSPS) is 18.5. The lowest BCUT2D eigenvalue weighted by atomic mass is 9.92. The number of carbonyl (C=O) groups excluding carboxylic acids is 1. The van der Waals surface area contributed by atoms with Gasteiger partial charge in [-0.3, -0.25) is 4.79 Å². The van der Waals surface area contributed by atoms with Crippen LogP contribution in [-0.2, 0) is 16.0 Å². The predicted octanol–water partition coefficient (Wildman–Crippen LogP) is 3.94. The minimum atomic E-state index is -0.0211. The molecule has 0 spiro atoms. The van der Waals surface area contributed by atoms with Gasteiger partial charge in [0.25, 0.3) is 0 Å². The Labute approximate surface area is 157 Å². The number of hydrogen-bond acceptors (Lipinski definition) is 4. The molecule has 1 saturated heterocycles. The van der Waals surface area contributed by atoms with Gasteiger partial charge in [0.05, 0.1) is 11.4 Å². The van der Waals surface area contributed by atoms with Crippen LogP contribution >= 0.6 is 0 Å². The first kappa shape index (κ1) is 19.2. The SMILES string of the molecule is Cc1cc2c(nc1NC(=O)CC(C)(C)C)CCCN2CC1CCOCC1.